The number of sulfonamides is 1. The Kier molecular flexibility index (Phi) is 6.34. The molecule has 0 saturated carbocycles. The normalized spacial score (nSPS) is 15.9. The molecule has 1 aromatic heterocycles. The van der Waals surface area contributed by atoms with Gasteiger partial charge in [0.05, 0.1) is 10.8 Å². The standard InChI is InChI=1S/C24H25N5O4S/c1-15-10-16(2)12-20(11-15)29-14-18(13-22(29)30)23(31)27-19-4-6-21(7-5-19)34(32,33)28-24-25-9-8-17(3)26-24/h4-12,18H,13-14H2,1-3H3,(H,27,31)(H,25,26,28). The molecule has 0 spiro atoms. The molecule has 0 aliphatic carbocycles. The first-order chi connectivity index (χ1) is 16.1. The maximum atomic E-state index is 12.8. The van der Waals surface area contributed by atoms with Crippen molar-refractivity contribution in [2.24, 2.45) is 5.92 Å². The van der Waals surface area contributed by atoms with Crippen LogP contribution >= 0.6 is 0 Å². The van der Waals surface area contributed by atoms with Crippen LogP contribution in [-0.2, 0) is 19.6 Å². The molecule has 2 amide bonds. The lowest BCUT2D eigenvalue weighted by Crippen LogP contribution is -2.28. The van der Waals surface area contributed by atoms with Crippen LogP contribution in [0.15, 0.2) is 59.6 Å². The number of aryl methyl sites for hydroxylation is 3. The number of rotatable bonds is 6. The molecular weight excluding hydrogens is 454 g/mol. The zero-order valence-electron chi connectivity index (χ0n) is 19.1. The van der Waals surface area contributed by atoms with E-state index in [0.717, 1.165) is 16.8 Å². The molecule has 1 fully saturated rings. The molecule has 1 unspecified atom stereocenters. The van der Waals surface area contributed by atoms with Crippen molar-refractivity contribution in [3.05, 3.63) is 71.5 Å². The van der Waals surface area contributed by atoms with E-state index in [1.807, 2.05) is 32.0 Å². The van der Waals surface area contributed by atoms with E-state index in [-0.39, 0.29) is 29.1 Å². The fourth-order valence-electron chi connectivity index (χ4n) is 3.88. The van der Waals surface area contributed by atoms with Crippen molar-refractivity contribution < 1.29 is 18.0 Å². The molecule has 10 heteroatoms. The summed E-state index contributed by atoms with van der Waals surface area (Å²) in [5.74, 6) is -0.911. The van der Waals surface area contributed by atoms with Gasteiger partial charge in [-0.3, -0.25) is 9.59 Å². The van der Waals surface area contributed by atoms with Crippen LogP contribution in [-0.4, -0.2) is 36.7 Å². The van der Waals surface area contributed by atoms with E-state index < -0.39 is 15.9 Å². The Bertz CT molecular complexity index is 1340. The molecule has 9 nitrogen and oxygen atoms in total. The molecule has 1 aliphatic rings. The molecule has 2 N–H and O–H groups in total. The molecule has 4 rings (SSSR count). The van der Waals surface area contributed by atoms with Gasteiger partial charge in [-0.1, -0.05) is 6.07 Å². The number of aromatic nitrogens is 2. The number of hydrogen-bond acceptors (Lipinski definition) is 6. The summed E-state index contributed by atoms with van der Waals surface area (Å²) in [6.07, 6.45) is 1.58. The Morgan fingerprint density at radius 1 is 1.03 bits per heavy atom. The highest BCUT2D eigenvalue weighted by Crippen LogP contribution is 2.28. The van der Waals surface area contributed by atoms with Gasteiger partial charge in [-0.05, 0) is 74.4 Å². The maximum absolute atomic E-state index is 12.8. The van der Waals surface area contributed by atoms with E-state index in [4.69, 9.17) is 0 Å². The Hall–Kier alpha value is -3.79. The molecule has 0 radical (unpaired) electrons. The van der Waals surface area contributed by atoms with Crippen LogP contribution in [0.5, 0.6) is 0 Å². The van der Waals surface area contributed by atoms with Crippen molar-refractivity contribution >= 4 is 39.2 Å². The van der Waals surface area contributed by atoms with E-state index in [2.05, 4.69) is 20.0 Å². The highest BCUT2D eigenvalue weighted by molar-refractivity contribution is 7.92. The number of amides is 2. The summed E-state index contributed by atoms with van der Waals surface area (Å²) in [5, 5.41) is 2.78. The van der Waals surface area contributed by atoms with Gasteiger partial charge in [0, 0.05) is 36.2 Å². The first-order valence-electron chi connectivity index (χ1n) is 10.7. The van der Waals surface area contributed by atoms with Crippen LogP contribution in [0, 0.1) is 26.7 Å². The molecule has 2 aromatic carbocycles. The minimum absolute atomic E-state index is 0.00708. The maximum Gasteiger partial charge on any atom is 0.264 e. The summed E-state index contributed by atoms with van der Waals surface area (Å²) in [4.78, 5) is 34.9. The largest absolute Gasteiger partial charge is 0.326 e. The minimum atomic E-state index is -3.88. The van der Waals surface area contributed by atoms with E-state index in [0.29, 0.717) is 17.9 Å². The second-order valence-electron chi connectivity index (χ2n) is 8.39. The highest BCUT2D eigenvalue weighted by atomic mass is 32.2. The third kappa shape index (κ3) is 5.23. The number of carbonyl (C=O) groups excluding carboxylic acids is 2. The zero-order valence-corrected chi connectivity index (χ0v) is 19.9. The molecule has 3 aromatic rings. The van der Waals surface area contributed by atoms with Gasteiger partial charge in [-0.25, -0.2) is 23.1 Å². The number of hydrogen-bond donors (Lipinski definition) is 2. The highest BCUT2D eigenvalue weighted by Gasteiger charge is 2.35. The molecule has 34 heavy (non-hydrogen) atoms. The molecular formula is C24H25N5O4S. The van der Waals surface area contributed by atoms with Crippen LogP contribution in [0.25, 0.3) is 0 Å². The summed E-state index contributed by atoms with van der Waals surface area (Å²) in [6.45, 7) is 5.96. The van der Waals surface area contributed by atoms with Crippen LogP contribution < -0.4 is 14.9 Å². The predicted molar refractivity (Wildman–Crippen MR) is 129 cm³/mol. The van der Waals surface area contributed by atoms with Gasteiger partial charge in [-0.15, -0.1) is 0 Å². The van der Waals surface area contributed by atoms with Crippen molar-refractivity contribution in [2.75, 3.05) is 21.5 Å². The average molecular weight is 480 g/mol. The van der Waals surface area contributed by atoms with Crippen LogP contribution in [0.1, 0.15) is 23.2 Å². The summed E-state index contributed by atoms with van der Waals surface area (Å²) < 4.78 is 27.5. The van der Waals surface area contributed by atoms with Crippen molar-refractivity contribution in [3.8, 4) is 0 Å². The Morgan fingerprint density at radius 3 is 2.35 bits per heavy atom. The second-order valence-corrected chi connectivity index (χ2v) is 10.1. The van der Waals surface area contributed by atoms with E-state index >= 15 is 0 Å². The zero-order chi connectivity index (χ0) is 24.5. The molecule has 1 saturated heterocycles. The fraction of sp³-hybridized carbons (Fsp3) is 0.250. The SMILES string of the molecule is Cc1cc(C)cc(N2CC(C(=O)Nc3ccc(S(=O)(=O)Nc4nccc(C)n4)cc3)CC2=O)c1. The number of nitrogens with one attached hydrogen (secondary N) is 2. The number of benzene rings is 2. The quantitative estimate of drug-likeness (QED) is 0.560. The first-order valence-corrected chi connectivity index (χ1v) is 12.2. The van der Waals surface area contributed by atoms with Crippen molar-refractivity contribution in [1.29, 1.82) is 0 Å². The van der Waals surface area contributed by atoms with E-state index in [1.54, 1.807) is 17.9 Å². The van der Waals surface area contributed by atoms with Gasteiger partial charge in [0.2, 0.25) is 17.8 Å². The third-order valence-electron chi connectivity index (χ3n) is 5.47. The molecule has 2 heterocycles. The van der Waals surface area contributed by atoms with Gasteiger partial charge in [0.15, 0.2) is 0 Å². The van der Waals surface area contributed by atoms with Crippen LogP contribution in [0.3, 0.4) is 0 Å². The lowest BCUT2D eigenvalue weighted by Gasteiger charge is -2.18. The number of nitrogens with zero attached hydrogens (tertiary/aromatic N) is 3. The average Bonchev–Trinajstić information content (AvgIpc) is 3.15. The smallest absolute Gasteiger partial charge is 0.264 e. The summed E-state index contributed by atoms with van der Waals surface area (Å²) in [6, 6.07) is 13.3. The topological polar surface area (TPSA) is 121 Å². The fourth-order valence-corrected chi connectivity index (χ4v) is 4.83. The molecule has 1 atom stereocenters. The number of carbonyl (C=O) groups is 2. The van der Waals surface area contributed by atoms with Crippen molar-refractivity contribution in [3.63, 3.8) is 0 Å². The molecule has 1 aliphatic heterocycles. The van der Waals surface area contributed by atoms with Gasteiger partial charge >= 0.3 is 0 Å². The van der Waals surface area contributed by atoms with Gasteiger partial charge in [0.1, 0.15) is 0 Å². The van der Waals surface area contributed by atoms with Crippen molar-refractivity contribution in [2.45, 2.75) is 32.1 Å². The summed E-state index contributed by atoms with van der Waals surface area (Å²) >= 11 is 0. The lowest BCUT2D eigenvalue weighted by molar-refractivity contribution is -0.122. The summed E-state index contributed by atoms with van der Waals surface area (Å²) in [5.41, 5.74) is 3.96. The Balaban J connectivity index is 1.41. The van der Waals surface area contributed by atoms with Gasteiger partial charge in [0.25, 0.3) is 10.0 Å². The predicted octanol–water partition coefficient (Wildman–Crippen LogP) is 3.19. The lowest BCUT2D eigenvalue weighted by atomic mass is 10.1. The number of anilines is 3. The monoisotopic (exact) mass is 479 g/mol. The Labute approximate surface area is 198 Å². The van der Waals surface area contributed by atoms with Crippen LogP contribution in [0.2, 0.25) is 0 Å². The second kappa shape index (κ2) is 9.22. The van der Waals surface area contributed by atoms with Gasteiger partial charge in [-0.2, -0.15) is 0 Å². The summed E-state index contributed by atoms with van der Waals surface area (Å²) in [7, 11) is -3.88. The van der Waals surface area contributed by atoms with Crippen LogP contribution in [0.4, 0.5) is 17.3 Å². The first kappa shape index (κ1) is 23.4. The van der Waals surface area contributed by atoms with E-state index in [1.165, 1.54) is 30.5 Å². The van der Waals surface area contributed by atoms with Crippen molar-refractivity contribution in [1.82, 2.24) is 9.97 Å². The van der Waals surface area contributed by atoms with E-state index in [9.17, 15) is 18.0 Å². The third-order valence-corrected chi connectivity index (χ3v) is 6.81. The molecule has 0 bridgehead atoms. The Morgan fingerprint density at radius 2 is 1.71 bits per heavy atom. The van der Waals surface area contributed by atoms with Gasteiger partial charge < -0.3 is 10.2 Å². The molecule has 176 valence electrons. The minimum Gasteiger partial charge on any atom is -0.326 e.